The Balaban J connectivity index is 1.36. The van der Waals surface area contributed by atoms with Gasteiger partial charge in [-0.1, -0.05) is 6.42 Å². The number of nitrogens with one attached hydrogen (secondary N) is 1. The maximum atomic E-state index is 12.6. The van der Waals surface area contributed by atoms with Crippen molar-refractivity contribution in [2.75, 3.05) is 0 Å². The second-order valence-electron chi connectivity index (χ2n) is 7.07. The number of thiazole rings is 1. The Labute approximate surface area is 142 Å². The van der Waals surface area contributed by atoms with Crippen molar-refractivity contribution in [3.05, 3.63) is 22.5 Å². The van der Waals surface area contributed by atoms with E-state index in [1.54, 1.807) is 11.3 Å². The average molecular weight is 345 g/mol. The highest BCUT2D eigenvalue weighted by atomic mass is 32.1. The number of fused-ring (bicyclic) bond motifs is 5. The van der Waals surface area contributed by atoms with E-state index in [4.69, 9.17) is 0 Å². The number of thiophene rings is 1. The third-order valence-corrected chi connectivity index (χ3v) is 7.53. The van der Waals surface area contributed by atoms with Crippen molar-refractivity contribution in [3.8, 4) is 0 Å². The number of carbonyl (C=O) groups is 1. The summed E-state index contributed by atoms with van der Waals surface area (Å²) < 4.78 is 2.06. The Kier molecular flexibility index (Phi) is 3.07. The van der Waals surface area contributed by atoms with Crippen molar-refractivity contribution >= 4 is 43.9 Å². The van der Waals surface area contributed by atoms with Crippen molar-refractivity contribution in [2.45, 2.75) is 38.6 Å². The molecule has 0 aromatic carbocycles. The molecule has 2 saturated carbocycles. The maximum Gasteiger partial charge on any atom is 0.261 e. The molecule has 120 valence electrons. The highest BCUT2D eigenvalue weighted by Gasteiger charge is 2.42. The lowest BCUT2D eigenvalue weighted by molar-refractivity contribution is 0.0919. The van der Waals surface area contributed by atoms with E-state index in [1.807, 2.05) is 17.6 Å². The molecular formula is C17H19N3OS2. The minimum Gasteiger partial charge on any atom is -0.349 e. The fourth-order valence-electron chi connectivity index (χ4n) is 4.65. The smallest absolute Gasteiger partial charge is 0.261 e. The number of aromatic nitrogens is 2. The van der Waals surface area contributed by atoms with Crippen LogP contribution in [0.2, 0.25) is 0 Å². The fourth-order valence-corrected chi connectivity index (χ4v) is 6.35. The lowest BCUT2D eigenvalue weighted by atomic mass is 9.84. The topological polar surface area (TPSA) is 46.4 Å². The molecule has 0 saturated heterocycles. The predicted molar refractivity (Wildman–Crippen MR) is 94.3 cm³/mol. The maximum absolute atomic E-state index is 12.6. The molecule has 0 aliphatic heterocycles. The van der Waals surface area contributed by atoms with Gasteiger partial charge < -0.3 is 5.32 Å². The number of carbonyl (C=O) groups excluding carboxylic acids is 1. The number of amides is 1. The van der Waals surface area contributed by atoms with Crippen molar-refractivity contribution in [2.24, 2.45) is 17.8 Å². The van der Waals surface area contributed by atoms with Gasteiger partial charge in [-0.15, -0.1) is 22.7 Å². The number of hydrogen-bond donors (Lipinski definition) is 1. The number of nitrogens with zero attached hydrogens (tertiary/aromatic N) is 2. The van der Waals surface area contributed by atoms with Gasteiger partial charge in [-0.05, 0) is 50.0 Å². The van der Waals surface area contributed by atoms with Gasteiger partial charge in [-0.25, -0.2) is 4.98 Å². The third-order valence-electron chi connectivity index (χ3n) is 5.76. The molecule has 3 aromatic heterocycles. The zero-order valence-corrected chi connectivity index (χ0v) is 14.6. The summed E-state index contributed by atoms with van der Waals surface area (Å²) in [5.74, 6) is 2.49. The molecule has 4 unspecified atom stereocenters. The molecule has 4 nitrogen and oxygen atoms in total. The van der Waals surface area contributed by atoms with Crippen molar-refractivity contribution in [1.82, 2.24) is 14.7 Å². The van der Waals surface area contributed by atoms with E-state index in [2.05, 4.69) is 21.6 Å². The molecule has 3 aromatic rings. The summed E-state index contributed by atoms with van der Waals surface area (Å²) in [5.41, 5.74) is 1.05. The van der Waals surface area contributed by atoms with Crippen molar-refractivity contribution in [3.63, 3.8) is 0 Å². The average Bonchev–Trinajstić information content (AvgIpc) is 3.30. The number of rotatable bonds is 3. The summed E-state index contributed by atoms with van der Waals surface area (Å²) in [4.78, 5) is 19.9. The Bertz CT molecular complexity index is 892. The highest BCUT2D eigenvalue weighted by molar-refractivity contribution is 7.21. The molecule has 3 heterocycles. The Hall–Kier alpha value is -1.40. The first-order valence-electron chi connectivity index (χ1n) is 8.35. The molecule has 0 spiro atoms. The second kappa shape index (κ2) is 5.05. The van der Waals surface area contributed by atoms with Crippen LogP contribution in [0, 0.1) is 17.8 Å². The van der Waals surface area contributed by atoms with E-state index in [-0.39, 0.29) is 11.9 Å². The zero-order valence-electron chi connectivity index (χ0n) is 13.0. The molecule has 23 heavy (non-hydrogen) atoms. The Morgan fingerprint density at radius 1 is 1.43 bits per heavy atom. The van der Waals surface area contributed by atoms with Gasteiger partial charge in [0.1, 0.15) is 4.83 Å². The van der Waals surface area contributed by atoms with Crippen LogP contribution in [-0.4, -0.2) is 21.3 Å². The van der Waals surface area contributed by atoms with Gasteiger partial charge in [0, 0.05) is 17.6 Å². The SMILES string of the molecule is CC(NC(=O)c1cc2c(nc3sccn32)s1)C1CC2CCC1C2. The first-order valence-corrected chi connectivity index (χ1v) is 10.0. The molecule has 5 rings (SSSR count). The molecule has 2 fully saturated rings. The largest absolute Gasteiger partial charge is 0.349 e. The van der Waals surface area contributed by atoms with Crippen molar-refractivity contribution in [1.29, 1.82) is 0 Å². The van der Waals surface area contributed by atoms with Crippen LogP contribution in [-0.2, 0) is 0 Å². The van der Waals surface area contributed by atoms with E-state index < -0.39 is 0 Å². The summed E-state index contributed by atoms with van der Waals surface area (Å²) in [5, 5.41) is 5.28. The van der Waals surface area contributed by atoms with Gasteiger partial charge in [-0.3, -0.25) is 9.20 Å². The van der Waals surface area contributed by atoms with E-state index in [0.29, 0.717) is 5.92 Å². The zero-order chi connectivity index (χ0) is 15.6. The first kappa shape index (κ1) is 14.0. The van der Waals surface area contributed by atoms with Crippen LogP contribution in [0.1, 0.15) is 42.3 Å². The van der Waals surface area contributed by atoms with Crippen LogP contribution >= 0.6 is 22.7 Å². The molecule has 6 heteroatoms. The summed E-state index contributed by atoms with van der Waals surface area (Å²) in [6.45, 7) is 2.18. The van der Waals surface area contributed by atoms with E-state index in [0.717, 1.165) is 32.0 Å². The van der Waals surface area contributed by atoms with Crippen molar-refractivity contribution < 1.29 is 4.79 Å². The predicted octanol–water partition coefficient (Wildman–Crippen LogP) is 4.17. The highest BCUT2D eigenvalue weighted by Crippen LogP contribution is 2.49. The number of imidazole rings is 1. The quantitative estimate of drug-likeness (QED) is 0.774. The molecular weight excluding hydrogens is 326 g/mol. The van der Waals surface area contributed by atoms with Gasteiger partial charge >= 0.3 is 0 Å². The fraction of sp³-hybridized carbons (Fsp3) is 0.529. The lowest BCUT2D eigenvalue weighted by Crippen LogP contribution is -2.39. The minimum atomic E-state index is 0.0623. The summed E-state index contributed by atoms with van der Waals surface area (Å²) in [7, 11) is 0. The minimum absolute atomic E-state index is 0.0623. The Morgan fingerprint density at radius 3 is 3.13 bits per heavy atom. The van der Waals surface area contributed by atoms with Crippen LogP contribution in [0.5, 0.6) is 0 Å². The monoisotopic (exact) mass is 345 g/mol. The standard InChI is InChI=1S/C17H19N3OS2/c1-9(12-7-10-2-3-11(12)6-10)18-15(21)14-8-13-16(23-14)19-17-20(13)4-5-22-17/h4-5,8-12H,2-3,6-7H2,1H3,(H,18,21). The lowest BCUT2D eigenvalue weighted by Gasteiger charge is -2.28. The van der Waals surface area contributed by atoms with Crippen LogP contribution in [0.15, 0.2) is 17.6 Å². The normalized spacial score (nSPS) is 28.0. The van der Waals surface area contributed by atoms with Gasteiger partial charge in [0.05, 0.1) is 10.4 Å². The Morgan fingerprint density at radius 2 is 2.35 bits per heavy atom. The molecule has 2 aliphatic rings. The molecule has 1 amide bonds. The molecule has 1 N–H and O–H groups in total. The van der Waals surface area contributed by atoms with Gasteiger partial charge in [0.25, 0.3) is 5.91 Å². The summed E-state index contributed by atoms with van der Waals surface area (Å²) in [6.07, 6.45) is 7.47. The number of hydrogen-bond acceptors (Lipinski definition) is 4. The van der Waals surface area contributed by atoms with E-state index >= 15 is 0 Å². The van der Waals surface area contributed by atoms with Gasteiger partial charge in [-0.2, -0.15) is 0 Å². The first-order chi connectivity index (χ1) is 11.2. The van der Waals surface area contributed by atoms with E-state index in [1.165, 1.54) is 37.0 Å². The van der Waals surface area contributed by atoms with Crippen LogP contribution in [0.4, 0.5) is 0 Å². The van der Waals surface area contributed by atoms with Gasteiger partial charge in [0.2, 0.25) is 0 Å². The van der Waals surface area contributed by atoms with Crippen LogP contribution in [0.3, 0.4) is 0 Å². The third kappa shape index (κ3) is 2.15. The summed E-state index contributed by atoms with van der Waals surface area (Å²) in [6, 6.07) is 2.26. The summed E-state index contributed by atoms with van der Waals surface area (Å²) >= 11 is 3.12. The second-order valence-corrected chi connectivity index (χ2v) is 8.97. The van der Waals surface area contributed by atoms with Crippen LogP contribution < -0.4 is 5.32 Å². The van der Waals surface area contributed by atoms with E-state index in [9.17, 15) is 4.79 Å². The molecule has 4 atom stereocenters. The molecule has 2 aliphatic carbocycles. The molecule has 0 radical (unpaired) electrons. The molecule has 2 bridgehead atoms. The van der Waals surface area contributed by atoms with Crippen LogP contribution in [0.25, 0.3) is 15.3 Å². The van der Waals surface area contributed by atoms with Gasteiger partial charge in [0.15, 0.2) is 4.96 Å².